The number of hydrogen-bond donors (Lipinski definition) is 1. The van der Waals surface area contributed by atoms with Crippen molar-refractivity contribution in [3.8, 4) is 0 Å². The SMILES string of the molecule is O=C1C2C3C=CC(C3)C2C(=O)N1CC(O)c1ccc([N+](=O)[O-])cc1. The van der Waals surface area contributed by atoms with Gasteiger partial charge in [-0.1, -0.05) is 12.2 Å². The minimum Gasteiger partial charge on any atom is -0.387 e. The third-order valence-corrected chi connectivity index (χ3v) is 5.41. The first-order valence-electron chi connectivity index (χ1n) is 7.93. The van der Waals surface area contributed by atoms with E-state index in [0.717, 1.165) is 11.3 Å². The number of aliphatic hydroxyl groups excluding tert-OH is 1. The summed E-state index contributed by atoms with van der Waals surface area (Å²) in [5.41, 5.74) is 0.371. The number of β-amino-alcohol motifs (C(OH)–C–C–N with tert-alkyl or cyclic N) is 1. The summed E-state index contributed by atoms with van der Waals surface area (Å²) in [5.74, 6) is -0.699. The average Bonchev–Trinajstić information content (AvgIpc) is 3.24. The lowest BCUT2D eigenvalue weighted by atomic mass is 9.85. The summed E-state index contributed by atoms with van der Waals surface area (Å²) in [4.78, 5) is 36.4. The zero-order valence-corrected chi connectivity index (χ0v) is 12.7. The fourth-order valence-electron chi connectivity index (χ4n) is 4.24. The highest BCUT2D eigenvalue weighted by atomic mass is 16.6. The van der Waals surface area contributed by atoms with E-state index in [1.165, 1.54) is 24.3 Å². The van der Waals surface area contributed by atoms with Crippen LogP contribution in [-0.4, -0.2) is 33.3 Å². The Bertz CT molecular complexity index is 727. The number of imide groups is 1. The maximum atomic E-state index is 12.6. The minimum absolute atomic E-state index is 0.0727. The fourth-order valence-corrected chi connectivity index (χ4v) is 4.24. The molecule has 3 aliphatic rings. The second kappa shape index (κ2) is 5.24. The van der Waals surface area contributed by atoms with Gasteiger partial charge in [0.15, 0.2) is 0 Å². The molecule has 1 saturated heterocycles. The van der Waals surface area contributed by atoms with E-state index in [4.69, 9.17) is 0 Å². The predicted octanol–water partition coefficient (Wildman–Crippen LogP) is 1.44. The first kappa shape index (κ1) is 15.0. The average molecular weight is 328 g/mol. The van der Waals surface area contributed by atoms with E-state index in [1.807, 2.05) is 12.2 Å². The predicted molar refractivity (Wildman–Crippen MR) is 82.5 cm³/mol. The number of benzene rings is 1. The summed E-state index contributed by atoms with van der Waals surface area (Å²) < 4.78 is 0. The number of nitro benzene ring substituents is 1. The van der Waals surface area contributed by atoms with Crippen LogP contribution in [0.15, 0.2) is 36.4 Å². The Morgan fingerprint density at radius 3 is 2.17 bits per heavy atom. The maximum absolute atomic E-state index is 12.6. The molecule has 2 amide bonds. The van der Waals surface area contributed by atoms with Crippen molar-refractivity contribution in [3.63, 3.8) is 0 Å². The van der Waals surface area contributed by atoms with Crippen molar-refractivity contribution in [2.24, 2.45) is 23.7 Å². The molecule has 1 aromatic carbocycles. The lowest BCUT2D eigenvalue weighted by molar-refractivity contribution is -0.384. The molecule has 7 nitrogen and oxygen atoms in total. The molecule has 124 valence electrons. The van der Waals surface area contributed by atoms with Crippen molar-refractivity contribution in [3.05, 3.63) is 52.1 Å². The van der Waals surface area contributed by atoms with Crippen molar-refractivity contribution in [2.75, 3.05) is 6.54 Å². The van der Waals surface area contributed by atoms with Gasteiger partial charge in [0.05, 0.1) is 29.4 Å². The van der Waals surface area contributed by atoms with Crippen molar-refractivity contribution in [2.45, 2.75) is 12.5 Å². The van der Waals surface area contributed by atoms with Gasteiger partial charge in [0, 0.05) is 12.1 Å². The zero-order chi connectivity index (χ0) is 17.0. The molecule has 1 aliphatic heterocycles. The standard InChI is InChI=1S/C17H16N2O5/c20-13(9-3-5-12(6-4-9)19(23)24)8-18-16(21)14-10-1-2-11(7-10)15(14)17(18)22/h1-6,10-11,13-15,20H,7-8H2. The van der Waals surface area contributed by atoms with Crippen molar-refractivity contribution >= 4 is 17.5 Å². The molecule has 1 heterocycles. The van der Waals surface area contributed by atoms with E-state index in [2.05, 4.69) is 0 Å². The van der Waals surface area contributed by atoms with Crippen LogP contribution in [0.2, 0.25) is 0 Å². The Labute approximate surface area is 137 Å². The van der Waals surface area contributed by atoms with E-state index in [0.29, 0.717) is 5.56 Å². The minimum atomic E-state index is -1.05. The first-order valence-corrected chi connectivity index (χ1v) is 7.93. The summed E-state index contributed by atoms with van der Waals surface area (Å²) in [6.45, 7) is -0.109. The van der Waals surface area contributed by atoms with E-state index in [-0.39, 0.29) is 47.7 Å². The third kappa shape index (κ3) is 2.08. The van der Waals surface area contributed by atoms with Crippen LogP contribution in [0.5, 0.6) is 0 Å². The summed E-state index contributed by atoms with van der Waals surface area (Å²) in [6.07, 6.45) is 3.86. The number of non-ortho nitro benzene ring substituents is 1. The van der Waals surface area contributed by atoms with E-state index in [1.54, 1.807) is 0 Å². The molecule has 4 rings (SSSR count). The molecule has 0 aromatic heterocycles. The lowest BCUT2D eigenvalue weighted by Gasteiger charge is -2.20. The van der Waals surface area contributed by atoms with Crippen LogP contribution in [0.1, 0.15) is 18.1 Å². The molecule has 2 bridgehead atoms. The Morgan fingerprint density at radius 1 is 1.12 bits per heavy atom. The second-order valence-corrected chi connectivity index (χ2v) is 6.65. The molecule has 5 atom stereocenters. The van der Waals surface area contributed by atoms with Crippen LogP contribution in [0.25, 0.3) is 0 Å². The molecule has 2 aliphatic carbocycles. The number of hydrogen-bond acceptors (Lipinski definition) is 5. The zero-order valence-electron chi connectivity index (χ0n) is 12.7. The summed E-state index contributed by atoms with van der Waals surface area (Å²) in [6, 6.07) is 5.48. The molecule has 2 fully saturated rings. The Kier molecular flexibility index (Phi) is 3.28. The molecule has 0 spiro atoms. The molecule has 0 radical (unpaired) electrons. The lowest BCUT2D eigenvalue weighted by Crippen LogP contribution is -2.36. The van der Waals surface area contributed by atoms with Gasteiger partial charge in [0.1, 0.15) is 0 Å². The summed E-state index contributed by atoms with van der Waals surface area (Å²) in [7, 11) is 0. The van der Waals surface area contributed by atoms with Crippen molar-refractivity contribution < 1.29 is 19.6 Å². The fraction of sp³-hybridized carbons (Fsp3) is 0.412. The number of aliphatic hydroxyl groups is 1. The van der Waals surface area contributed by atoms with Crippen LogP contribution >= 0.6 is 0 Å². The molecule has 1 saturated carbocycles. The smallest absolute Gasteiger partial charge is 0.269 e. The molecular formula is C17H16N2O5. The van der Waals surface area contributed by atoms with Crippen molar-refractivity contribution in [1.82, 2.24) is 4.90 Å². The van der Waals surface area contributed by atoms with Gasteiger partial charge >= 0.3 is 0 Å². The Hall–Kier alpha value is -2.54. The van der Waals surface area contributed by atoms with Gasteiger partial charge in [-0.2, -0.15) is 0 Å². The summed E-state index contributed by atoms with van der Waals surface area (Å²) in [5, 5.41) is 21.0. The highest BCUT2D eigenvalue weighted by Gasteiger charge is 2.59. The molecule has 7 heteroatoms. The second-order valence-electron chi connectivity index (χ2n) is 6.65. The van der Waals surface area contributed by atoms with E-state index >= 15 is 0 Å². The number of carbonyl (C=O) groups is 2. The van der Waals surface area contributed by atoms with Crippen LogP contribution in [0.3, 0.4) is 0 Å². The molecular weight excluding hydrogens is 312 g/mol. The van der Waals surface area contributed by atoms with Gasteiger partial charge in [0.25, 0.3) is 5.69 Å². The largest absolute Gasteiger partial charge is 0.387 e. The molecule has 1 aromatic rings. The highest BCUT2D eigenvalue weighted by molar-refractivity contribution is 6.06. The highest BCUT2D eigenvalue weighted by Crippen LogP contribution is 2.52. The normalized spacial score (nSPS) is 31.6. The molecule has 5 unspecified atom stereocenters. The van der Waals surface area contributed by atoms with Crippen LogP contribution in [0, 0.1) is 33.8 Å². The van der Waals surface area contributed by atoms with Crippen LogP contribution in [0.4, 0.5) is 5.69 Å². The van der Waals surface area contributed by atoms with Gasteiger partial charge < -0.3 is 5.11 Å². The van der Waals surface area contributed by atoms with Gasteiger partial charge in [-0.05, 0) is 36.0 Å². The number of nitrogens with zero attached hydrogens (tertiary/aromatic N) is 2. The van der Waals surface area contributed by atoms with Crippen LogP contribution < -0.4 is 0 Å². The number of rotatable bonds is 4. The van der Waals surface area contributed by atoms with E-state index < -0.39 is 11.0 Å². The number of carbonyl (C=O) groups excluding carboxylic acids is 2. The number of nitro groups is 1. The number of amides is 2. The number of fused-ring (bicyclic) bond motifs is 5. The monoisotopic (exact) mass is 328 g/mol. The van der Waals surface area contributed by atoms with Gasteiger partial charge in [-0.15, -0.1) is 0 Å². The number of likely N-dealkylation sites (tertiary alicyclic amines) is 1. The van der Waals surface area contributed by atoms with Crippen LogP contribution in [-0.2, 0) is 9.59 Å². The quantitative estimate of drug-likeness (QED) is 0.390. The Morgan fingerprint density at radius 2 is 1.67 bits per heavy atom. The number of allylic oxidation sites excluding steroid dienone is 2. The van der Waals surface area contributed by atoms with Gasteiger partial charge in [-0.3, -0.25) is 24.6 Å². The van der Waals surface area contributed by atoms with Gasteiger partial charge in [-0.25, -0.2) is 0 Å². The third-order valence-electron chi connectivity index (χ3n) is 5.41. The molecule has 24 heavy (non-hydrogen) atoms. The molecule has 1 N–H and O–H groups in total. The summed E-state index contributed by atoms with van der Waals surface area (Å²) >= 11 is 0. The topological polar surface area (TPSA) is 101 Å². The Balaban J connectivity index is 1.50. The van der Waals surface area contributed by atoms with Crippen molar-refractivity contribution in [1.29, 1.82) is 0 Å². The first-order chi connectivity index (χ1) is 11.5. The van der Waals surface area contributed by atoms with Gasteiger partial charge in [0.2, 0.25) is 11.8 Å². The van der Waals surface area contributed by atoms with E-state index in [9.17, 15) is 24.8 Å². The maximum Gasteiger partial charge on any atom is 0.269 e.